The van der Waals surface area contributed by atoms with E-state index in [4.69, 9.17) is 9.47 Å². The maximum absolute atomic E-state index is 13.1. The molecule has 186 valence electrons. The Morgan fingerprint density at radius 1 is 1.26 bits per heavy atom. The zero-order chi connectivity index (χ0) is 25.2. The van der Waals surface area contributed by atoms with Crippen molar-refractivity contribution in [1.29, 1.82) is 0 Å². The first-order chi connectivity index (χ1) is 16.8. The fraction of sp³-hybridized carbons (Fsp3) is 0.444. The molecule has 1 amide bonds. The number of fused-ring (bicyclic) bond motifs is 1. The number of nitrogens with zero attached hydrogens (tertiary/aromatic N) is 3. The van der Waals surface area contributed by atoms with Crippen LogP contribution in [0.2, 0.25) is 0 Å². The molecule has 0 aliphatic carbocycles. The van der Waals surface area contributed by atoms with Gasteiger partial charge in [-0.3, -0.25) is 4.90 Å². The number of hydrogen-bond acceptors (Lipinski definition) is 7. The van der Waals surface area contributed by atoms with E-state index < -0.39 is 5.60 Å². The number of carbonyl (C=O) groups is 1. The third-order valence-corrected chi connectivity index (χ3v) is 6.64. The third kappa shape index (κ3) is 4.97. The van der Waals surface area contributed by atoms with Gasteiger partial charge in [-0.05, 0) is 50.3 Å². The molecule has 0 saturated carbocycles. The summed E-state index contributed by atoms with van der Waals surface area (Å²) < 4.78 is 11.7. The fourth-order valence-corrected chi connectivity index (χ4v) is 4.63. The lowest BCUT2D eigenvalue weighted by Gasteiger charge is -2.27. The second kappa shape index (κ2) is 9.98. The number of ether oxygens (including phenoxy) is 2. The first-order valence-corrected chi connectivity index (χ1v) is 12.2. The van der Waals surface area contributed by atoms with Crippen LogP contribution in [0.25, 0.3) is 10.9 Å². The largest absolute Gasteiger partial charge is 0.508 e. The van der Waals surface area contributed by atoms with Crippen LogP contribution in [-0.2, 0) is 4.74 Å². The van der Waals surface area contributed by atoms with Crippen molar-refractivity contribution in [2.75, 3.05) is 23.9 Å². The Bertz CT molecular complexity index is 1230. The summed E-state index contributed by atoms with van der Waals surface area (Å²) in [4.78, 5) is 23.7. The molecular weight excluding hydrogens is 444 g/mol. The molecule has 0 spiro atoms. The summed E-state index contributed by atoms with van der Waals surface area (Å²) in [6.07, 6.45) is 4.66. The van der Waals surface area contributed by atoms with Crippen molar-refractivity contribution in [2.45, 2.75) is 59.0 Å². The lowest BCUT2D eigenvalue weighted by Crippen LogP contribution is -2.35. The average molecular weight is 479 g/mol. The molecule has 4 rings (SSSR count). The topological polar surface area (TPSA) is 96.8 Å². The van der Waals surface area contributed by atoms with E-state index in [2.05, 4.69) is 36.1 Å². The van der Waals surface area contributed by atoms with Crippen molar-refractivity contribution < 1.29 is 19.4 Å². The molecule has 1 aliphatic rings. The van der Waals surface area contributed by atoms with Crippen LogP contribution in [0.5, 0.6) is 11.5 Å². The molecule has 8 heteroatoms. The highest BCUT2D eigenvalue weighted by Gasteiger charge is 2.45. The molecule has 2 heterocycles. The van der Waals surface area contributed by atoms with Crippen LogP contribution >= 0.6 is 0 Å². The Kier molecular flexibility index (Phi) is 7.00. The lowest BCUT2D eigenvalue weighted by atomic mass is 9.89. The van der Waals surface area contributed by atoms with Gasteiger partial charge in [0, 0.05) is 22.7 Å². The molecular formula is C27H34N4O4. The van der Waals surface area contributed by atoms with Crippen LogP contribution in [0.3, 0.4) is 0 Å². The number of rotatable bonds is 9. The van der Waals surface area contributed by atoms with Crippen LogP contribution < -0.4 is 15.0 Å². The van der Waals surface area contributed by atoms with E-state index >= 15 is 0 Å². The van der Waals surface area contributed by atoms with Gasteiger partial charge in [-0.25, -0.2) is 14.8 Å². The number of aromatic hydroxyl groups is 1. The number of hydrogen-bond donors (Lipinski definition) is 2. The Morgan fingerprint density at radius 3 is 2.77 bits per heavy atom. The minimum atomic E-state index is -0.511. The number of methoxy groups -OCH3 is 1. The molecule has 8 nitrogen and oxygen atoms in total. The fourth-order valence-electron chi connectivity index (χ4n) is 4.63. The summed E-state index contributed by atoms with van der Waals surface area (Å²) in [6, 6.07) is 8.98. The summed E-state index contributed by atoms with van der Waals surface area (Å²) in [5.41, 5.74) is 2.23. The molecule has 1 fully saturated rings. The number of carbonyl (C=O) groups excluding carboxylic acids is 1. The minimum absolute atomic E-state index is 0.198. The van der Waals surface area contributed by atoms with E-state index in [9.17, 15) is 9.90 Å². The smallest absolute Gasteiger partial charge is 0.415 e. The van der Waals surface area contributed by atoms with Crippen LogP contribution in [0.1, 0.15) is 52.0 Å². The quantitative estimate of drug-likeness (QED) is 0.371. The molecule has 1 saturated heterocycles. The molecule has 2 N–H and O–H groups in total. The number of nitrogens with one attached hydrogen (secondary N) is 1. The molecule has 35 heavy (non-hydrogen) atoms. The second-order valence-electron chi connectivity index (χ2n) is 9.66. The van der Waals surface area contributed by atoms with Crippen LogP contribution in [0.15, 0.2) is 36.7 Å². The lowest BCUT2D eigenvalue weighted by molar-refractivity contribution is 0.0374. The SMILES string of the molecule is CCCC1(CCC(C)C)CN(c2cc3c(Nc4cccc(O)c4C)ncnc3cc2OC)C(=O)O1. The van der Waals surface area contributed by atoms with Crippen LogP contribution in [0.4, 0.5) is 22.0 Å². The van der Waals surface area contributed by atoms with Gasteiger partial charge in [0.2, 0.25) is 0 Å². The van der Waals surface area contributed by atoms with Crippen LogP contribution in [-0.4, -0.2) is 40.4 Å². The van der Waals surface area contributed by atoms with E-state index in [-0.39, 0.29) is 11.8 Å². The summed E-state index contributed by atoms with van der Waals surface area (Å²) in [6.45, 7) is 8.78. The predicted molar refractivity (Wildman–Crippen MR) is 138 cm³/mol. The number of phenols is 1. The van der Waals surface area contributed by atoms with Crippen molar-refractivity contribution in [3.8, 4) is 11.5 Å². The van der Waals surface area contributed by atoms with Crippen molar-refractivity contribution in [3.05, 3.63) is 42.2 Å². The summed E-state index contributed by atoms with van der Waals surface area (Å²) in [5.74, 6) is 1.84. The highest BCUT2D eigenvalue weighted by Crippen LogP contribution is 2.42. The van der Waals surface area contributed by atoms with E-state index in [1.165, 1.54) is 6.33 Å². The van der Waals surface area contributed by atoms with Gasteiger partial charge >= 0.3 is 6.09 Å². The first-order valence-electron chi connectivity index (χ1n) is 12.2. The number of benzene rings is 2. The van der Waals surface area contributed by atoms with Crippen LogP contribution in [0, 0.1) is 12.8 Å². The van der Waals surface area contributed by atoms with Gasteiger partial charge in [-0.15, -0.1) is 0 Å². The number of anilines is 3. The van der Waals surface area contributed by atoms with Gasteiger partial charge in [-0.2, -0.15) is 0 Å². The Morgan fingerprint density at radius 2 is 2.06 bits per heavy atom. The second-order valence-corrected chi connectivity index (χ2v) is 9.66. The average Bonchev–Trinajstić information content (AvgIpc) is 3.16. The van der Waals surface area contributed by atoms with Gasteiger partial charge in [0.05, 0.1) is 24.9 Å². The van der Waals surface area contributed by atoms with Crippen molar-refractivity contribution in [1.82, 2.24) is 9.97 Å². The van der Waals surface area contributed by atoms with Crippen molar-refractivity contribution >= 4 is 34.2 Å². The monoisotopic (exact) mass is 478 g/mol. The Labute approximate surface area is 206 Å². The predicted octanol–water partition coefficient (Wildman–Crippen LogP) is 6.33. The maximum atomic E-state index is 13.1. The van der Waals surface area contributed by atoms with E-state index in [1.54, 1.807) is 24.1 Å². The van der Waals surface area contributed by atoms with Crippen molar-refractivity contribution in [3.63, 3.8) is 0 Å². The van der Waals surface area contributed by atoms with Gasteiger partial charge in [0.15, 0.2) is 0 Å². The molecule has 3 aromatic rings. The Balaban J connectivity index is 1.75. The summed E-state index contributed by atoms with van der Waals surface area (Å²) in [7, 11) is 1.58. The number of aromatic nitrogens is 2. The highest BCUT2D eigenvalue weighted by molar-refractivity contribution is 6.00. The summed E-state index contributed by atoms with van der Waals surface area (Å²) >= 11 is 0. The molecule has 1 aliphatic heterocycles. The number of amides is 1. The molecule has 0 bridgehead atoms. The van der Waals surface area contributed by atoms with Gasteiger partial charge in [0.1, 0.15) is 29.2 Å². The normalized spacial score (nSPS) is 17.8. The van der Waals surface area contributed by atoms with E-state index in [0.29, 0.717) is 40.8 Å². The number of cyclic esters (lactones) is 1. The Hall–Kier alpha value is -3.55. The third-order valence-electron chi connectivity index (χ3n) is 6.64. The maximum Gasteiger partial charge on any atom is 0.415 e. The molecule has 1 atom stereocenters. The van der Waals surface area contributed by atoms with Gasteiger partial charge in [0.25, 0.3) is 0 Å². The molecule has 2 aromatic carbocycles. The number of phenolic OH excluding ortho intramolecular Hbond substituents is 1. The van der Waals surface area contributed by atoms with Crippen molar-refractivity contribution in [2.24, 2.45) is 5.92 Å². The zero-order valence-electron chi connectivity index (χ0n) is 21.1. The standard InChI is InChI=1S/C27H34N4O4/c1-6-11-27(12-10-17(2)3)15-31(26(33)35-27)22-13-19-21(14-24(22)34-5)28-16-29-25(19)30-20-8-7-9-23(32)18(20)4/h7-9,13-14,16-17,32H,6,10-12,15H2,1-5H3,(H,28,29,30). The summed E-state index contributed by atoms with van der Waals surface area (Å²) in [5, 5.41) is 14.1. The van der Waals surface area contributed by atoms with Gasteiger partial charge in [-0.1, -0.05) is 33.3 Å². The molecule has 0 radical (unpaired) electrons. The highest BCUT2D eigenvalue weighted by atomic mass is 16.6. The minimum Gasteiger partial charge on any atom is -0.508 e. The zero-order valence-corrected chi connectivity index (χ0v) is 21.1. The van der Waals surface area contributed by atoms with E-state index in [0.717, 1.165) is 36.8 Å². The molecule has 1 aromatic heterocycles. The van der Waals surface area contributed by atoms with E-state index in [1.807, 2.05) is 25.1 Å². The molecule has 1 unspecified atom stereocenters. The van der Waals surface area contributed by atoms with Gasteiger partial charge < -0.3 is 19.9 Å². The first kappa shape index (κ1) is 24.6.